The Labute approximate surface area is 117 Å². The first-order chi connectivity index (χ1) is 8.88. The molecule has 0 aliphatic rings. The Morgan fingerprint density at radius 3 is 2.47 bits per heavy atom. The lowest BCUT2D eigenvalue weighted by Crippen LogP contribution is -2.14. The summed E-state index contributed by atoms with van der Waals surface area (Å²) < 4.78 is 28.8. The van der Waals surface area contributed by atoms with Crippen LogP contribution in [-0.2, 0) is 10.1 Å². The van der Waals surface area contributed by atoms with Gasteiger partial charge in [-0.15, -0.1) is 5.10 Å². The zero-order valence-corrected chi connectivity index (χ0v) is 12.2. The number of aromatic amines is 1. The summed E-state index contributed by atoms with van der Waals surface area (Å²) in [6.45, 7) is 1.85. The van der Waals surface area contributed by atoms with E-state index in [0.717, 1.165) is 5.56 Å². The Morgan fingerprint density at radius 2 is 1.89 bits per heavy atom. The van der Waals surface area contributed by atoms with Gasteiger partial charge < -0.3 is 4.18 Å². The average molecular weight is 345 g/mol. The van der Waals surface area contributed by atoms with Crippen LogP contribution in [0.2, 0.25) is 0 Å². The van der Waals surface area contributed by atoms with Gasteiger partial charge in [-0.05, 0) is 35.0 Å². The van der Waals surface area contributed by atoms with Crippen molar-refractivity contribution in [3.63, 3.8) is 0 Å². The van der Waals surface area contributed by atoms with Crippen LogP contribution in [0.1, 0.15) is 5.56 Å². The standard InChI is InChI=1S/C11H9BrN2O4S/c1-7-2-4-8(5-3-7)19(16,17)18-10-6-9(12)11(15)14-13-10/h2-6H,1H3,(H,14,15). The van der Waals surface area contributed by atoms with Gasteiger partial charge in [0.15, 0.2) is 0 Å². The van der Waals surface area contributed by atoms with Crippen LogP contribution in [0.5, 0.6) is 5.88 Å². The molecule has 0 saturated heterocycles. The number of hydrogen-bond acceptors (Lipinski definition) is 5. The summed E-state index contributed by atoms with van der Waals surface area (Å²) >= 11 is 2.96. The number of H-pyrrole nitrogens is 1. The van der Waals surface area contributed by atoms with E-state index < -0.39 is 15.7 Å². The van der Waals surface area contributed by atoms with Crippen molar-refractivity contribution >= 4 is 26.0 Å². The fourth-order valence-electron chi connectivity index (χ4n) is 1.27. The van der Waals surface area contributed by atoms with E-state index in [4.69, 9.17) is 4.18 Å². The second kappa shape index (κ2) is 5.14. The topological polar surface area (TPSA) is 89.1 Å². The van der Waals surface area contributed by atoms with Crippen molar-refractivity contribution in [2.45, 2.75) is 11.8 Å². The highest BCUT2D eigenvalue weighted by Crippen LogP contribution is 2.17. The third-order valence-corrected chi connectivity index (χ3v) is 4.07. The summed E-state index contributed by atoms with van der Waals surface area (Å²) in [4.78, 5) is 11.1. The number of aromatic nitrogens is 2. The molecule has 0 aliphatic carbocycles. The number of aryl methyl sites for hydroxylation is 1. The van der Waals surface area contributed by atoms with E-state index in [1.807, 2.05) is 6.92 Å². The molecule has 8 heteroatoms. The number of halogens is 1. The predicted octanol–water partition coefficient (Wildman–Crippen LogP) is 1.61. The van der Waals surface area contributed by atoms with Crippen molar-refractivity contribution in [2.24, 2.45) is 0 Å². The van der Waals surface area contributed by atoms with Crippen molar-refractivity contribution in [3.05, 3.63) is 50.7 Å². The molecule has 1 heterocycles. The zero-order chi connectivity index (χ0) is 14.0. The lowest BCUT2D eigenvalue weighted by atomic mass is 10.2. The number of benzene rings is 1. The van der Waals surface area contributed by atoms with Gasteiger partial charge in [0.1, 0.15) is 4.90 Å². The molecule has 0 amide bonds. The van der Waals surface area contributed by atoms with Gasteiger partial charge in [-0.25, -0.2) is 5.10 Å². The van der Waals surface area contributed by atoms with E-state index in [1.165, 1.54) is 18.2 Å². The zero-order valence-electron chi connectivity index (χ0n) is 9.75. The SMILES string of the molecule is Cc1ccc(S(=O)(=O)Oc2cc(Br)c(=O)[nH]n2)cc1. The molecule has 1 aromatic carbocycles. The highest BCUT2D eigenvalue weighted by molar-refractivity contribution is 9.10. The van der Waals surface area contributed by atoms with Crippen LogP contribution in [0, 0.1) is 6.92 Å². The first-order valence-electron chi connectivity index (χ1n) is 5.15. The van der Waals surface area contributed by atoms with Gasteiger partial charge in [-0.2, -0.15) is 8.42 Å². The normalized spacial score (nSPS) is 11.3. The Kier molecular flexibility index (Phi) is 3.72. The van der Waals surface area contributed by atoms with Crippen molar-refractivity contribution in [1.29, 1.82) is 0 Å². The summed E-state index contributed by atoms with van der Waals surface area (Å²) in [6.07, 6.45) is 0. The molecule has 0 fully saturated rings. The third kappa shape index (κ3) is 3.21. The Balaban J connectivity index is 2.33. The number of nitrogens with zero attached hydrogens (tertiary/aromatic N) is 1. The fraction of sp³-hybridized carbons (Fsp3) is 0.0909. The van der Waals surface area contributed by atoms with Crippen LogP contribution in [0.4, 0.5) is 0 Å². The number of rotatable bonds is 3. The Hall–Kier alpha value is -1.67. The van der Waals surface area contributed by atoms with E-state index in [2.05, 4.69) is 26.1 Å². The number of hydrogen-bond donors (Lipinski definition) is 1. The van der Waals surface area contributed by atoms with Crippen LogP contribution < -0.4 is 9.74 Å². The molecule has 0 bridgehead atoms. The van der Waals surface area contributed by atoms with Crippen molar-refractivity contribution < 1.29 is 12.6 Å². The molecule has 100 valence electrons. The molecule has 1 N–H and O–H groups in total. The molecule has 0 unspecified atom stereocenters. The van der Waals surface area contributed by atoms with Gasteiger partial charge in [0, 0.05) is 6.07 Å². The summed E-state index contributed by atoms with van der Waals surface area (Å²) in [5.74, 6) is -0.216. The van der Waals surface area contributed by atoms with E-state index in [1.54, 1.807) is 12.1 Å². The largest absolute Gasteiger partial charge is 0.357 e. The quantitative estimate of drug-likeness (QED) is 0.854. The van der Waals surface area contributed by atoms with Crippen LogP contribution in [0.3, 0.4) is 0 Å². The fourth-order valence-corrected chi connectivity index (χ4v) is 2.43. The first kappa shape index (κ1) is 13.8. The van der Waals surface area contributed by atoms with E-state index >= 15 is 0 Å². The molecule has 0 atom stereocenters. The number of nitrogens with one attached hydrogen (secondary N) is 1. The maximum absolute atomic E-state index is 11.9. The van der Waals surface area contributed by atoms with Crippen LogP contribution in [0.15, 0.2) is 44.5 Å². The van der Waals surface area contributed by atoms with E-state index in [-0.39, 0.29) is 15.2 Å². The molecule has 1 aromatic heterocycles. The maximum Gasteiger partial charge on any atom is 0.340 e. The highest BCUT2D eigenvalue weighted by Gasteiger charge is 2.17. The minimum atomic E-state index is -3.97. The molecular formula is C11H9BrN2O4S. The second-order valence-electron chi connectivity index (χ2n) is 3.73. The minimum absolute atomic E-state index is 0.0159. The van der Waals surface area contributed by atoms with E-state index in [9.17, 15) is 13.2 Å². The molecule has 0 spiro atoms. The average Bonchev–Trinajstić information content (AvgIpc) is 2.34. The summed E-state index contributed by atoms with van der Waals surface area (Å²) in [5, 5.41) is 5.61. The van der Waals surface area contributed by atoms with Gasteiger partial charge in [-0.1, -0.05) is 17.7 Å². The van der Waals surface area contributed by atoms with Gasteiger partial charge in [0.25, 0.3) is 11.4 Å². The summed E-state index contributed by atoms with van der Waals surface area (Å²) in [6, 6.07) is 7.38. The van der Waals surface area contributed by atoms with Gasteiger partial charge in [0.2, 0.25) is 0 Å². The van der Waals surface area contributed by atoms with Crippen LogP contribution >= 0.6 is 15.9 Å². The lowest BCUT2D eigenvalue weighted by Gasteiger charge is -2.06. The molecule has 0 radical (unpaired) electrons. The smallest absolute Gasteiger partial charge is 0.340 e. The lowest BCUT2D eigenvalue weighted by molar-refractivity contribution is 0.470. The Morgan fingerprint density at radius 1 is 1.26 bits per heavy atom. The molecule has 19 heavy (non-hydrogen) atoms. The van der Waals surface area contributed by atoms with Gasteiger partial charge in [-0.3, -0.25) is 4.79 Å². The summed E-state index contributed by atoms with van der Waals surface area (Å²) in [7, 11) is -3.97. The van der Waals surface area contributed by atoms with Crippen molar-refractivity contribution in [2.75, 3.05) is 0 Å². The van der Waals surface area contributed by atoms with E-state index in [0.29, 0.717) is 0 Å². The molecule has 0 saturated carbocycles. The predicted molar refractivity (Wildman–Crippen MR) is 71.6 cm³/mol. The minimum Gasteiger partial charge on any atom is -0.357 e. The first-order valence-corrected chi connectivity index (χ1v) is 7.35. The molecule has 2 aromatic rings. The van der Waals surface area contributed by atoms with Crippen molar-refractivity contribution in [1.82, 2.24) is 10.2 Å². The second-order valence-corrected chi connectivity index (χ2v) is 6.13. The third-order valence-electron chi connectivity index (χ3n) is 2.24. The molecule has 0 aliphatic heterocycles. The van der Waals surface area contributed by atoms with Crippen LogP contribution in [-0.4, -0.2) is 18.6 Å². The van der Waals surface area contributed by atoms with Gasteiger partial charge in [0.05, 0.1) is 4.47 Å². The Bertz CT molecular complexity index is 753. The maximum atomic E-state index is 11.9. The van der Waals surface area contributed by atoms with Crippen LogP contribution in [0.25, 0.3) is 0 Å². The van der Waals surface area contributed by atoms with Crippen molar-refractivity contribution in [3.8, 4) is 5.88 Å². The highest BCUT2D eigenvalue weighted by atomic mass is 79.9. The van der Waals surface area contributed by atoms with Gasteiger partial charge >= 0.3 is 10.1 Å². The molecule has 2 rings (SSSR count). The summed E-state index contributed by atoms with van der Waals surface area (Å²) in [5.41, 5.74) is 0.462. The molecular weight excluding hydrogens is 336 g/mol. The molecule has 6 nitrogen and oxygen atoms in total. The monoisotopic (exact) mass is 344 g/mol.